The van der Waals surface area contributed by atoms with E-state index in [1.54, 1.807) is 0 Å². The van der Waals surface area contributed by atoms with Crippen LogP contribution < -0.4 is 5.32 Å². The van der Waals surface area contributed by atoms with E-state index < -0.39 is 0 Å². The van der Waals surface area contributed by atoms with E-state index in [9.17, 15) is 0 Å². The van der Waals surface area contributed by atoms with Crippen molar-refractivity contribution in [3.63, 3.8) is 0 Å². The Kier molecular flexibility index (Phi) is 6.04. The largest absolute Gasteiger partial charge is 0.317 e. The van der Waals surface area contributed by atoms with Gasteiger partial charge in [0, 0.05) is 13.1 Å². The molecule has 0 bridgehead atoms. The molecule has 1 N–H and O–H groups in total. The molecule has 0 saturated carbocycles. The molecule has 3 heteroatoms. The summed E-state index contributed by atoms with van der Waals surface area (Å²) in [5.41, 5.74) is 2.06. The molecule has 3 nitrogen and oxygen atoms in total. The first-order chi connectivity index (χ1) is 9.81. The molecule has 0 radical (unpaired) electrons. The maximum absolute atomic E-state index is 8.84. The van der Waals surface area contributed by atoms with Crippen molar-refractivity contribution in [1.29, 1.82) is 5.26 Å². The SMILES string of the molecule is CCCN(Cc1ccc(C#N)cc1)CC1CCNCC1. The van der Waals surface area contributed by atoms with Gasteiger partial charge in [-0.25, -0.2) is 0 Å². The molecular weight excluding hydrogens is 246 g/mol. The fourth-order valence-electron chi connectivity index (χ4n) is 2.92. The van der Waals surface area contributed by atoms with Crippen molar-refractivity contribution < 1.29 is 0 Å². The highest BCUT2D eigenvalue weighted by molar-refractivity contribution is 5.31. The van der Waals surface area contributed by atoms with E-state index in [4.69, 9.17) is 5.26 Å². The van der Waals surface area contributed by atoms with Gasteiger partial charge in [0.2, 0.25) is 0 Å². The molecule has 0 amide bonds. The molecule has 1 aromatic rings. The van der Waals surface area contributed by atoms with Crippen LogP contribution in [0, 0.1) is 17.2 Å². The molecule has 0 aromatic heterocycles. The first-order valence-corrected chi connectivity index (χ1v) is 7.74. The number of nitriles is 1. The minimum Gasteiger partial charge on any atom is -0.317 e. The Bertz CT molecular complexity index is 427. The van der Waals surface area contributed by atoms with Crippen LogP contribution in [0.15, 0.2) is 24.3 Å². The topological polar surface area (TPSA) is 39.1 Å². The number of nitrogens with one attached hydrogen (secondary N) is 1. The molecule has 0 atom stereocenters. The van der Waals surface area contributed by atoms with Gasteiger partial charge in [-0.15, -0.1) is 0 Å². The second-order valence-electron chi connectivity index (χ2n) is 5.74. The normalized spacial score (nSPS) is 16.2. The van der Waals surface area contributed by atoms with Crippen molar-refractivity contribution in [3.05, 3.63) is 35.4 Å². The molecule has 1 heterocycles. The Labute approximate surface area is 122 Å². The minimum absolute atomic E-state index is 0.745. The third kappa shape index (κ3) is 4.63. The number of hydrogen-bond donors (Lipinski definition) is 1. The van der Waals surface area contributed by atoms with E-state index >= 15 is 0 Å². The summed E-state index contributed by atoms with van der Waals surface area (Å²) in [5, 5.41) is 12.3. The molecule has 108 valence electrons. The summed E-state index contributed by atoms with van der Waals surface area (Å²) in [6, 6.07) is 10.2. The number of benzene rings is 1. The maximum Gasteiger partial charge on any atom is 0.0991 e. The first-order valence-electron chi connectivity index (χ1n) is 7.74. The van der Waals surface area contributed by atoms with Gasteiger partial charge in [0.15, 0.2) is 0 Å². The van der Waals surface area contributed by atoms with E-state index in [0.29, 0.717) is 0 Å². The number of piperidine rings is 1. The molecule has 1 aliphatic heterocycles. The lowest BCUT2D eigenvalue weighted by atomic mass is 9.97. The summed E-state index contributed by atoms with van der Waals surface area (Å²) in [7, 11) is 0. The third-order valence-electron chi connectivity index (χ3n) is 4.00. The van der Waals surface area contributed by atoms with Gasteiger partial charge in [0.1, 0.15) is 0 Å². The Morgan fingerprint density at radius 1 is 1.25 bits per heavy atom. The lowest BCUT2D eigenvalue weighted by molar-refractivity contribution is 0.199. The lowest BCUT2D eigenvalue weighted by Crippen LogP contribution is -2.36. The van der Waals surface area contributed by atoms with Crippen molar-refractivity contribution in [2.24, 2.45) is 5.92 Å². The average molecular weight is 271 g/mol. The molecule has 20 heavy (non-hydrogen) atoms. The Hall–Kier alpha value is -1.37. The van der Waals surface area contributed by atoms with Crippen LogP contribution in [0.3, 0.4) is 0 Å². The summed E-state index contributed by atoms with van der Waals surface area (Å²) in [5.74, 6) is 0.834. The molecule has 0 aliphatic carbocycles. The summed E-state index contributed by atoms with van der Waals surface area (Å²) < 4.78 is 0. The second kappa shape index (κ2) is 8.04. The zero-order chi connectivity index (χ0) is 14.2. The van der Waals surface area contributed by atoms with Crippen molar-refractivity contribution in [2.75, 3.05) is 26.2 Å². The van der Waals surface area contributed by atoms with Crippen LogP contribution in [-0.2, 0) is 6.54 Å². The van der Waals surface area contributed by atoms with Crippen LogP contribution in [0.5, 0.6) is 0 Å². The van der Waals surface area contributed by atoms with Gasteiger partial charge in [-0.1, -0.05) is 19.1 Å². The fraction of sp³-hybridized carbons (Fsp3) is 0.588. The average Bonchev–Trinajstić information content (AvgIpc) is 2.49. The van der Waals surface area contributed by atoms with Crippen LogP contribution in [0.2, 0.25) is 0 Å². The minimum atomic E-state index is 0.745. The van der Waals surface area contributed by atoms with E-state index in [0.717, 1.165) is 24.6 Å². The van der Waals surface area contributed by atoms with Crippen LogP contribution in [0.25, 0.3) is 0 Å². The van der Waals surface area contributed by atoms with Crippen LogP contribution >= 0.6 is 0 Å². The molecule has 1 aliphatic rings. The highest BCUT2D eigenvalue weighted by atomic mass is 15.1. The highest BCUT2D eigenvalue weighted by Crippen LogP contribution is 2.16. The Morgan fingerprint density at radius 2 is 1.95 bits per heavy atom. The van der Waals surface area contributed by atoms with E-state index in [2.05, 4.69) is 35.3 Å². The summed E-state index contributed by atoms with van der Waals surface area (Å²) in [4.78, 5) is 2.57. The Balaban J connectivity index is 1.91. The second-order valence-corrected chi connectivity index (χ2v) is 5.74. The predicted molar refractivity (Wildman–Crippen MR) is 82.3 cm³/mol. The van der Waals surface area contributed by atoms with Crippen molar-refractivity contribution in [2.45, 2.75) is 32.7 Å². The van der Waals surface area contributed by atoms with Gasteiger partial charge in [0.25, 0.3) is 0 Å². The van der Waals surface area contributed by atoms with E-state index in [1.165, 1.54) is 44.5 Å². The quantitative estimate of drug-likeness (QED) is 0.864. The molecule has 0 unspecified atom stereocenters. The summed E-state index contributed by atoms with van der Waals surface area (Å²) >= 11 is 0. The van der Waals surface area contributed by atoms with Crippen molar-refractivity contribution >= 4 is 0 Å². The van der Waals surface area contributed by atoms with Crippen molar-refractivity contribution in [3.8, 4) is 6.07 Å². The smallest absolute Gasteiger partial charge is 0.0991 e. The third-order valence-corrected chi connectivity index (χ3v) is 4.00. The number of hydrogen-bond acceptors (Lipinski definition) is 3. The van der Waals surface area contributed by atoms with Crippen molar-refractivity contribution in [1.82, 2.24) is 10.2 Å². The van der Waals surface area contributed by atoms with Crippen LogP contribution in [-0.4, -0.2) is 31.1 Å². The van der Waals surface area contributed by atoms with Gasteiger partial charge in [0.05, 0.1) is 11.6 Å². The zero-order valence-electron chi connectivity index (χ0n) is 12.4. The van der Waals surface area contributed by atoms with Gasteiger partial charge in [-0.2, -0.15) is 5.26 Å². The monoisotopic (exact) mass is 271 g/mol. The first kappa shape index (κ1) is 15.0. The van der Waals surface area contributed by atoms with Gasteiger partial charge in [-0.3, -0.25) is 4.90 Å². The fourth-order valence-corrected chi connectivity index (χ4v) is 2.92. The summed E-state index contributed by atoms with van der Waals surface area (Å²) in [6.45, 7) is 7.94. The molecule has 1 fully saturated rings. The molecular formula is C17H25N3. The zero-order valence-corrected chi connectivity index (χ0v) is 12.4. The maximum atomic E-state index is 8.84. The van der Waals surface area contributed by atoms with Crippen LogP contribution in [0.1, 0.15) is 37.3 Å². The highest BCUT2D eigenvalue weighted by Gasteiger charge is 2.16. The molecule has 0 spiro atoms. The number of rotatable bonds is 6. The molecule has 1 aromatic carbocycles. The standard InChI is InChI=1S/C17H25N3/c1-2-11-20(14-17-7-9-19-10-8-17)13-16-5-3-15(12-18)4-6-16/h3-6,17,19H,2,7-11,13-14H2,1H3. The van der Waals surface area contributed by atoms with Gasteiger partial charge >= 0.3 is 0 Å². The van der Waals surface area contributed by atoms with E-state index in [1.807, 2.05) is 12.1 Å². The van der Waals surface area contributed by atoms with Gasteiger partial charge in [-0.05, 0) is 62.5 Å². The lowest BCUT2D eigenvalue weighted by Gasteiger charge is -2.30. The van der Waals surface area contributed by atoms with Gasteiger partial charge < -0.3 is 5.32 Å². The molecule has 1 saturated heterocycles. The van der Waals surface area contributed by atoms with E-state index in [-0.39, 0.29) is 0 Å². The predicted octanol–water partition coefficient (Wildman–Crippen LogP) is 2.77. The summed E-state index contributed by atoms with van der Waals surface area (Å²) in [6.07, 6.45) is 3.79. The Morgan fingerprint density at radius 3 is 2.55 bits per heavy atom. The molecule has 2 rings (SSSR count). The van der Waals surface area contributed by atoms with Crippen LogP contribution in [0.4, 0.5) is 0 Å². The number of nitrogens with zero attached hydrogens (tertiary/aromatic N) is 2.